The van der Waals surface area contributed by atoms with Gasteiger partial charge >= 0.3 is 0 Å². The number of carbonyl (C=O) groups is 1. The van der Waals surface area contributed by atoms with Gasteiger partial charge in [-0.1, -0.05) is 20.8 Å². The maximum absolute atomic E-state index is 12.4. The van der Waals surface area contributed by atoms with Crippen LogP contribution in [0.3, 0.4) is 0 Å². The van der Waals surface area contributed by atoms with E-state index in [9.17, 15) is 4.79 Å². The Morgan fingerprint density at radius 1 is 1.50 bits per heavy atom. The van der Waals surface area contributed by atoms with Crippen LogP contribution in [0.4, 0.5) is 0 Å². The van der Waals surface area contributed by atoms with Crippen molar-refractivity contribution < 1.29 is 4.79 Å². The Hall–Kier alpha value is -1.32. The van der Waals surface area contributed by atoms with Gasteiger partial charge in [0.05, 0.1) is 6.33 Å². The average Bonchev–Trinajstić information content (AvgIpc) is 2.63. The van der Waals surface area contributed by atoms with Crippen LogP contribution in [-0.2, 0) is 7.05 Å². The smallest absolute Gasteiger partial charge is 0.274 e. The van der Waals surface area contributed by atoms with Gasteiger partial charge in [0.2, 0.25) is 0 Å². The van der Waals surface area contributed by atoms with Crippen LogP contribution in [0.5, 0.6) is 0 Å². The predicted octanol–water partition coefficient (Wildman–Crippen LogP) is 2.32. The molecule has 2 heterocycles. The fraction of sp³-hybridized carbons (Fsp3) is 0.714. The van der Waals surface area contributed by atoms with E-state index in [4.69, 9.17) is 0 Å². The first-order valence-corrected chi connectivity index (χ1v) is 6.65. The second-order valence-electron chi connectivity index (χ2n) is 6.40. The highest BCUT2D eigenvalue weighted by atomic mass is 16.2. The molecule has 4 heteroatoms. The van der Waals surface area contributed by atoms with Crippen LogP contribution in [0.25, 0.3) is 0 Å². The van der Waals surface area contributed by atoms with E-state index in [1.54, 1.807) is 12.5 Å². The van der Waals surface area contributed by atoms with Gasteiger partial charge in [-0.3, -0.25) is 4.79 Å². The third kappa shape index (κ3) is 2.92. The van der Waals surface area contributed by atoms with E-state index in [-0.39, 0.29) is 5.91 Å². The normalized spacial score (nSPS) is 23.8. The maximum atomic E-state index is 12.4. The number of carbonyl (C=O) groups excluding carboxylic acids is 1. The first kappa shape index (κ1) is 13.1. The van der Waals surface area contributed by atoms with Crippen LogP contribution in [0.15, 0.2) is 12.5 Å². The van der Waals surface area contributed by atoms with E-state index in [2.05, 4.69) is 25.8 Å². The summed E-state index contributed by atoms with van der Waals surface area (Å²) in [6, 6.07) is 0. The molecule has 0 radical (unpaired) electrons. The number of amides is 1. The van der Waals surface area contributed by atoms with E-state index < -0.39 is 0 Å². The van der Waals surface area contributed by atoms with Crippen molar-refractivity contribution in [3.05, 3.63) is 18.2 Å². The van der Waals surface area contributed by atoms with E-state index >= 15 is 0 Å². The van der Waals surface area contributed by atoms with E-state index in [1.165, 1.54) is 6.42 Å². The predicted molar refractivity (Wildman–Crippen MR) is 71.3 cm³/mol. The summed E-state index contributed by atoms with van der Waals surface area (Å²) < 4.78 is 1.82. The number of aromatic nitrogens is 2. The summed E-state index contributed by atoms with van der Waals surface area (Å²) in [4.78, 5) is 18.5. The lowest BCUT2D eigenvalue weighted by atomic mass is 9.82. The van der Waals surface area contributed by atoms with Crippen LogP contribution in [-0.4, -0.2) is 33.4 Å². The molecule has 0 saturated carbocycles. The van der Waals surface area contributed by atoms with E-state index in [0.29, 0.717) is 17.0 Å². The van der Waals surface area contributed by atoms with Gasteiger partial charge in [0, 0.05) is 26.3 Å². The van der Waals surface area contributed by atoms with Gasteiger partial charge in [-0.25, -0.2) is 4.98 Å². The van der Waals surface area contributed by atoms with Crippen molar-refractivity contribution in [3.8, 4) is 0 Å². The summed E-state index contributed by atoms with van der Waals surface area (Å²) >= 11 is 0. The number of hydrogen-bond donors (Lipinski definition) is 0. The molecule has 4 nitrogen and oxygen atoms in total. The zero-order valence-corrected chi connectivity index (χ0v) is 11.8. The molecule has 0 N–H and O–H groups in total. The van der Waals surface area contributed by atoms with Gasteiger partial charge in [0.25, 0.3) is 5.91 Å². The minimum absolute atomic E-state index is 0.0696. The molecule has 1 amide bonds. The molecular formula is C14H23N3O. The zero-order chi connectivity index (χ0) is 13.3. The lowest BCUT2D eigenvalue weighted by molar-refractivity contribution is 0.0738. The van der Waals surface area contributed by atoms with Gasteiger partial charge in [0.1, 0.15) is 5.69 Å². The van der Waals surface area contributed by atoms with Gasteiger partial charge in [-0.05, 0) is 24.2 Å². The summed E-state index contributed by atoms with van der Waals surface area (Å²) in [6.45, 7) is 8.49. The van der Waals surface area contributed by atoms with Crippen molar-refractivity contribution >= 4 is 5.91 Å². The van der Waals surface area contributed by atoms with Gasteiger partial charge < -0.3 is 9.47 Å². The van der Waals surface area contributed by atoms with Crippen LogP contribution in [0, 0.1) is 11.3 Å². The molecule has 1 aromatic rings. The van der Waals surface area contributed by atoms with Crippen molar-refractivity contribution in [1.29, 1.82) is 0 Å². The van der Waals surface area contributed by atoms with Gasteiger partial charge in [0.15, 0.2) is 0 Å². The lowest BCUT2D eigenvalue weighted by Gasteiger charge is -2.23. The van der Waals surface area contributed by atoms with Crippen molar-refractivity contribution in [1.82, 2.24) is 14.5 Å². The van der Waals surface area contributed by atoms with E-state index in [1.807, 2.05) is 16.5 Å². The molecule has 0 aromatic carbocycles. The number of aryl methyl sites for hydroxylation is 1. The molecule has 1 unspecified atom stereocenters. The topological polar surface area (TPSA) is 38.1 Å². The monoisotopic (exact) mass is 249 g/mol. The first-order chi connectivity index (χ1) is 8.37. The molecule has 1 aromatic heterocycles. The standard InChI is InChI=1S/C14H23N3O/c1-11-7-14(2,3)5-6-17(8-11)13(18)12-9-16(4)10-15-12/h9-11H,5-8H2,1-4H3. The SMILES string of the molecule is CC1CN(C(=O)c2cn(C)cn2)CCC(C)(C)C1. The summed E-state index contributed by atoms with van der Waals surface area (Å²) in [7, 11) is 1.89. The molecule has 18 heavy (non-hydrogen) atoms. The number of imidazole rings is 1. The Balaban J connectivity index is 2.11. The Kier molecular flexibility index (Phi) is 3.46. The minimum Gasteiger partial charge on any atom is -0.340 e. The number of likely N-dealkylation sites (tertiary alicyclic amines) is 1. The molecule has 1 aliphatic rings. The third-order valence-electron chi connectivity index (χ3n) is 3.70. The highest BCUT2D eigenvalue weighted by molar-refractivity contribution is 5.92. The maximum Gasteiger partial charge on any atom is 0.274 e. The number of nitrogens with zero attached hydrogens (tertiary/aromatic N) is 3. The summed E-state index contributed by atoms with van der Waals surface area (Å²) in [5, 5.41) is 0. The molecule has 0 aliphatic carbocycles. The largest absolute Gasteiger partial charge is 0.340 e. The van der Waals surface area contributed by atoms with Crippen LogP contribution >= 0.6 is 0 Å². The van der Waals surface area contributed by atoms with Crippen molar-refractivity contribution in [2.45, 2.75) is 33.6 Å². The second-order valence-corrected chi connectivity index (χ2v) is 6.40. The number of hydrogen-bond acceptors (Lipinski definition) is 2. The summed E-state index contributed by atoms with van der Waals surface area (Å²) in [6.07, 6.45) is 5.72. The summed E-state index contributed by atoms with van der Waals surface area (Å²) in [5.41, 5.74) is 0.892. The first-order valence-electron chi connectivity index (χ1n) is 6.65. The Morgan fingerprint density at radius 2 is 2.22 bits per heavy atom. The fourth-order valence-electron chi connectivity index (χ4n) is 2.88. The molecular weight excluding hydrogens is 226 g/mol. The Bertz CT molecular complexity index is 436. The van der Waals surface area contributed by atoms with Crippen molar-refractivity contribution in [2.24, 2.45) is 18.4 Å². The second kappa shape index (κ2) is 4.75. The van der Waals surface area contributed by atoms with Gasteiger partial charge in [-0.2, -0.15) is 0 Å². The molecule has 1 saturated heterocycles. The molecule has 0 bridgehead atoms. The molecule has 1 fully saturated rings. The highest BCUT2D eigenvalue weighted by Gasteiger charge is 2.30. The average molecular weight is 249 g/mol. The minimum atomic E-state index is 0.0696. The zero-order valence-electron chi connectivity index (χ0n) is 11.8. The lowest BCUT2D eigenvalue weighted by Crippen LogP contribution is -2.34. The Labute approximate surface area is 109 Å². The molecule has 0 spiro atoms. The molecule has 2 rings (SSSR count). The highest BCUT2D eigenvalue weighted by Crippen LogP contribution is 2.33. The fourth-order valence-corrected chi connectivity index (χ4v) is 2.88. The Morgan fingerprint density at radius 3 is 2.83 bits per heavy atom. The quantitative estimate of drug-likeness (QED) is 0.766. The van der Waals surface area contributed by atoms with Crippen LogP contribution in [0.1, 0.15) is 44.1 Å². The van der Waals surface area contributed by atoms with Crippen LogP contribution in [0.2, 0.25) is 0 Å². The molecule has 1 atom stereocenters. The summed E-state index contributed by atoms with van der Waals surface area (Å²) in [5.74, 6) is 0.621. The number of rotatable bonds is 1. The van der Waals surface area contributed by atoms with Crippen molar-refractivity contribution in [3.63, 3.8) is 0 Å². The van der Waals surface area contributed by atoms with Crippen LogP contribution < -0.4 is 0 Å². The van der Waals surface area contributed by atoms with E-state index in [0.717, 1.165) is 19.5 Å². The third-order valence-corrected chi connectivity index (χ3v) is 3.70. The van der Waals surface area contributed by atoms with Crippen molar-refractivity contribution in [2.75, 3.05) is 13.1 Å². The van der Waals surface area contributed by atoms with Gasteiger partial charge in [-0.15, -0.1) is 0 Å². The molecule has 100 valence electrons. The molecule has 1 aliphatic heterocycles.